The fourth-order valence-electron chi connectivity index (χ4n) is 3.57. The van der Waals surface area contributed by atoms with Gasteiger partial charge in [0.2, 0.25) is 0 Å². The maximum Gasteiger partial charge on any atom is 0.419 e. The lowest BCUT2D eigenvalue weighted by atomic mass is 9.80. The summed E-state index contributed by atoms with van der Waals surface area (Å²) in [5.74, 6) is -1.38. The number of carbonyl (C=O) groups excluding carboxylic acids is 1. The number of alkyl halides is 3. The third-order valence-electron chi connectivity index (χ3n) is 5.08. The number of anilines is 1. The van der Waals surface area contributed by atoms with Gasteiger partial charge in [-0.1, -0.05) is 17.7 Å². The first-order valence-corrected chi connectivity index (χ1v) is 10.2. The van der Waals surface area contributed by atoms with E-state index >= 15 is 0 Å². The molecule has 0 bridgehead atoms. The van der Waals surface area contributed by atoms with Crippen molar-refractivity contribution in [2.24, 2.45) is 0 Å². The second-order valence-electron chi connectivity index (χ2n) is 7.12. The average Bonchev–Trinajstić information content (AvgIpc) is 2.71. The van der Waals surface area contributed by atoms with Gasteiger partial charge in [-0.15, -0.1) is 0 Å². The van der Waals surface area contributed by atoms with Crippen LogP contribution in [0.1, 0.15) is 36.3 Å². The summed E-state index contributed by atoms with van der Waals surface area (Å²) in [6, 6.07) is 7.04. The molecular weight excluding hydrogens is 456 g/mol. The summed E-state index contributed by atoms with van der Waals surface area (Å²) in [6.07, 6.45) is -2.91. The third kappa shape index (κ3) is 5.46. The number of hydrogen-bond donors (Lipinski definition) is 2. The van der Waals surface area contributed by atoms with Crippen molar-refractivity contribution in [3.8, 4) is 5.75 Å². The molecule has 166 valence electrons. The van der Waals surface area contributed by atoms with Gasteiger partial charge < -0.3 is 15.4 Å². The lowest BCUT2D eigenvalue weighted by molar-refractivity contribution is -0.140. The molecule has 0 amide bonds. The van der Waals surface area contributed by atoms with E-state index in [4.69, 9.17) is 28.6 Å². The Morgan fingerprint density at radius 1 is 1.19 bits per heavy atom. The molecule has 0 heterocycles. The molecule has 2 aromatic carbocycles. The predicted molar refractivity (Wildman–Crippen MR) is 114 cm³/mol. The molecule has 2 N–H and O–H groups in total. The molecule has 1 aliphatic rings. The molecule has 0 aliphatic heterocycles. The molecule has 0 aromatic heterocycles. The number of ketones is 1. The lowest BCUT2D eigenvalue weighted by Gasteiger charge is -2.30. The van der Waals surface area contributed by atoms with E-state index in [2.05, 4.69) is 10.6 Å². The summed E-state index contributed by atoms with van der Waals surface area (Å²) in [5, 5.41) is 5.88. The maximum atomic E-state index is 13.5. The third-order valence-corrected chi connectivity index (χ3v) is 5.62. The maximum absolute atomic E-state index is 13.5. The van der Waals surface area contributed by atoms with Crippen LogP contribution in [0.5, 0.6) is 5.75 Å². The number of rotatable bonds is 4. The molecule has 0 spiro atoms. The number of hydrogen-bond acceptors (Lipinski definition) is 3. The smallest absolute Gasteiger partial charge is 0.419 e. The van der Waals surface area contributed by atoms with Gasteiger partial charge in [-0.3, -0.25) is 4.79 Å². The molecule has 2 atom stereocenters. The Kier molecular flexibility index (Phi) is 7.06. The highest BCUT2D eigenvalue weighted by Gasteiger charge is 2.35. The molecule has 1 saturated carbocycles. The van der Waals surface area contributed by atoms with Crippen LogP contribution in [-0.4, -0.2) is 24.0 Å². The summed E-state index contributed by atoms with van der Waals surface area (Å²) >= 11 is 11.2. The predicted octanol–water partition coefficient (Wildman–Crippen LogP) is 5.70. The Morgan fingerprint density at radius 2 is 1.94 bits per heavy atom. The van der Waals surface area contributed by atoms with E-state index < -0.39 is 23.6 Å². The summed E-state index contributed by atoms with van der Waals surface area (Å²) < 4.78 is 57.4. The number of benzene rings is 2. The number of halogens is 5. The van der Waals surface area contributed by atoms with Gasteiger partial charge in [0.15, 0.2) is 10.9 Å². The largest absolute Gasteiger partial charge is 0.495 e. The van der Waals surface area contributed by atoms with E-state index in [9.17, 15) is 22.4 Å². The molecule has 31 heavy (non-hydrogen) atoms. The fraction of sp³-hybridized carbons (Fsp3) is 0.333. The lowest BCUT2D eigenvalue weighted by Crippen LogP contribution is -2.46. The molecular formula is C21H19ClF4N2O2S. The van der Waals surface area contributed by atoms with Crippen molar-refractivity contribution >= 4 is 40.4 Å². The number of carbonyl (C=O) groups is 1. The molecule has 3 rings (SSSR count). The van der Waals surface area contributed by atoms with Gasteiger partial charge >= 0.3 is 6.18 Å². The highest BCUT2D eigenvalue weighted by molar-refractivity contribution is 7.80. The molecule has 4 nitrogen and oxygen atoms in total. The Balaban J connectivity index is 1.70. The van der Waals surface area contributed by atoms with Gasteiger partial charge in [-0.25, -0.2) is 4.39 Å². The van der Waals surface area contributed by atoms with Crippen LogP contribution in [0.3, 0.4) is 0 Å². The van der Waals surface area contributed by atoms with Crippen molar-refractivity contribution in [3.63, 3.8) is 0 Å². The van der Waals surface area contributed by atoms with Gasteiger partial charge in [-0.2, -0.15) is 13.2 Å². The SMILES string of the molecule is COc1cc(C2CCCC(NC(=S)Nc3ccc(F)c(C(F)(F)F)c3)C2=O)ccc1Cl. The van der Waals surface area contributed by atoms with Crippen LogP contribution in [-0.2, 0) is 11.0 Å². The Bertz CT molecular complexity index is 1000. The minimum atomic E-state index is -4.83. The molecule has 10 heteroatoms. The van der Waals surface area contributed by atoms with Crippen molar-refractivity contribution in [2.45, 2.75) is 37.4 Å². The van der Waals surface area contributed by atoms with Crippen molar-refractivity contribution in [3.05, 3.63) is 58.4 Å². The van der Waals surface area contributed by atoms with Crippen LogP contribution >= 0.6 is 23.8 Å². The highest BCUT2D eigenvalue weighted by atomic mass is 35.5. The van der Waals surface area contributed by atoms with Gasteiger partial charge in [0.1, 0.15) is 11.6 Å². The monoisotopic (exact) mass is 474 g/mol. The first-order chi connectivity index (χ1) is 14.6. The molecule has 0 radical (unpaired) electrons. The van der Waals surface area contributed by atoms with Crippen molar-refractivity contribution in [1.82, 2.24) is 5.32 Å². The van der Waals surface area contributed by atoms with Crippen LogP contribution in [0.15, 0.2) is 36.4 Å². The summed E-state index contributed by atoms with van der Waals surface area (Å²) in [6.45, 7) is 0. The average molecular weight is 475 g/mol. The van der Waals surface area contributed by atoms with Crippen LogP contribution in [0, 0.1) is 5.82 Å². The highest BCUT2D eigenvalue weighted by Crippen LogP contribution is 2.35. The zero-order valence-corrected chi connectivity index (χ0v) is 17.9. The Labute approximate surface area is 186 Å². The first kappa shape index (κ1) is 23.3. The minimum absolute atomic E-state index is 0.0209. The first-order valence-electron chi connectivity index (χ1n) is 9.41. The van der Waals surface area contributed by atoms with Crippen LogP contribution in [0.4, 0.5) is 23.2 Å². The number of thiocarbonyl (C=S) groups is 1. The van der Waals surface area contributed by atoms with E-state index in [1.165, 1.54) is 7.11 Å². The number of methoxy groups -OCH3 is 1. The van der Waals surface area contributed by atoms with Gasteiger partial charge in [0.05, 0.1) is 23.7 Å². The summed E-state index contributed by atoms with van der Waals surface area (Å²) in [7, 11) is 1.49. The van der Waals surface area contributed by atoms with E-state index in [0.29, 0.717) is 35.7 Å². The van der Waals surface area contributed by atoms with Crippen molar-refractivity contribution < 1.29 is 27.1 Å². The van der Waals surface area contributed by atoms with Gasteiger partial charge in [0, 0.05) is 11.6 Å². The molecule has 1 fully saturated rings. The van der Waals surface area contributed by atoms with E-state index in [0.717, 1.165) is 18.1 Å². The van der Waals surface area contributed by atoms with Crippen molar-refractivity contribution in [2.75, 3.05) is 12.4 Å². The second-order valence-corrected chi connectivity index (χ2v) is 7.94. The van der Waals surface area contributed by atoms with Gasteiger partial charge in [-0.05, 0) is 67.4 Å². The Hall–Kier alpha value is -2.39. The number of nitrogens with one attached hydrogen (secondary N) is 2. The zero-order chi connectivity index (χ0) is 22.8. The summed E-state index contributed by atoms with van der Waals surface area (Å²) in [4.78, 5) is 13.0. The zero-order valence-electron chi connectivity index (χ0n) is 16.4. The Morgan fingerprint density at radius 3 is 2.61 bits per heavy atom. The number of Topliss-reactive ketones (excluding diaryl/α,β-unsaturated/α-hetero) is 1. The van der Waals surface area contributed by atoms with E-state index in [1.807, 2.05) is 0 Å². The van der Waals surface area contributed by atoms with Crippen LogP contribution in [0.25, 0.3) is 0 Å². The van der Waals surface area contributed by atoms with Crippen LogP contribution < -0.4 is 15.4 Å². The van der Waals surface area contributed by atoms with E-state index in [1.54, 1.807) is 18.2 Å². The standard InChI is InChI=1S/C21H19ClF4N2O2S/c1-30-18-9-11(5-7-15(18)22)13-3-2-4-17(19(13)29)28-20(31)27-12-6-8-16(23)14(10-12)21(24,25)26/h5-10,13,17H,2-4H2,1H3,(H2,27,28,31). The fourth-order valence-corrected chi connectivity index (χ4v) is 4.02. The quantitative estimate of drug-likeness (QED) is 0.440. The minimum Gasteiger partial charge on any atom is -0.495 e. The molecule has 0 saturated heterocycles. The molecule has 2 unspecified atom stereocenters. The molecule has 2 aromatic rings. The van der Waals surface area contributed by atoms with E-state index in [-0.39, 0.29) is 22.5 Å². The van der Waals surface area contributed by atoms with Crippen LogP contribution in [0.2, 0.25) is 5.02 Å². The normalized spacial score (nSPS) is 19.1. The molecule has 1 aliphatic carbocycles. The topological polar surface area (TPSA) is 50.4 Å². The second kappa shape index (κ2) is 9.40. The van der Waals surface area contributed by atoms with Gasteiger partial charge in [0.25, 0.3) is 0 Å². The number of ether oxygens (including phenoxy) is 1. The summed E-state index contributed by atoms with van der Waals surface area (Å²) in [5.41, 5.74) is -0.663. The van der Waals surface area contributed by atoms with Crippen molar-refractivity contribution in [1.29, 1.82) is 0 Å².